The molecule has 0 fully saturated rings. The van der Waals surface area contributed by atoms with Crippen molar-refractivity contribution < 1.29 is 14.3 Å². The molecule has 4 heteroatoms. The van der Waals surface area contributed by atoms with E-state index in [-0.39, 0.29) is 11.5 Å². The van der Waals surface area contributed by atoms with Crippen LogP contribution in [0.3, 0.4) is 0 Å². The molecule has 4 nitrogen and oxygen atoms in total. The first-order valence-corrected chi connectivity index (χ1v) is 3.43. The van der Waals surface area contributed by atoms with Gasteiger partial charge in [-0.15, -0.1) is 0 Å². The molecule has 0 aromatic carbocycles. The van der Waals surface area contributed by atoms with Gasteiger partial charge in [0.2, 0.25) is 0 Å². The highest BCUT2D eigenvalue weighted by atomic mass is 16.5. The molecule has 0 atom stereocenters. The number of rotatable bonds is 2. The zero-order chi connectivity index (χ0) is 9.14. The predicted octanol–water partition coefficient (Wildman–Crippen LogP) is 1.00. The molecule has 1 aromatic rings. The highest BCUT2D eigenvalue weighted by molar-refractivity contribution is 6.04. The van der Waals surface area contributed by atoms with E-state index in [0.29, 0.717) is 5.56 Å². The standard InChI is InChI=1S/C8H9NO3/c1-5(10)6-3-4-9-7(6)8(11)12-2/h3-4,9H,1-2H3. The van der Waals surface area contributed by atoms with Crippen LogP contribution < -0.4 is 0 Å². The predicted molar refractivity (Wildman–Crippen MR) is 42.1 cm³/mol. The monoisotopic (exact) mass is 167 g/mol. The molecule has 0 aliphatic rings. The van der Waals surface area contributed by atoms with Crippen LogP contribution in [0, 0.1) is 0 Å². The van der Waals surface area contributed by atoms with Crippen LogP contribution in [0.25, 0.3) is 0 Å². The number of Topliss-reactive ketones (excluding diaryl/α,β-unsaturated/α-hetero) is 1. The molecule has 0 bridgehead atoms. The molecule has 0 aliphatic heterocycles. The van der Waals surface area contributed by atoms with E-state index in [2.05, 4.69) is 9.72 Å². The van der Waals surface area contributed by atoms with Crippen LogP contribution in [0.4, 0.5) is 0 Å². The summed E-state index contributed by atoms with van der Waals surface area (Å²) in [4.78, 5) is 24.6. The number of hydrogen-bond acceptors (Lipinski definition) is 3. The van der Waals surface area contributed by atoms with Gasteiger partial charge in [0.25, 0.3) is 0 Å². The lowest BCUT2D eigenvalue weighted by Gasteiger charge is -1.97. The summed E-state index contributed by atoms with van der Waals surface area (Å²) in [5.74, 6) is -0.679. The van der Waals surface area contributed by atoms with Gasteiger partial charge < -0.3 is 9.72 Å². The molecular weight excluding hydrogens is 158 g/mol. The molecule has 1 N–H and O–H groups in total. The molecule has 0 saturated carbocycles. The van der Waals surface area contributed by atoms with Crippen molar-refractivity contribution in [2.75, 3.05) is 7.11 Å². The van der Waals surface area contributed by atoms with Crippen LogP contribution in [0.5, 0.6) is 0 Å². The minimum Gasteiger partial charge on any atom is -0.464 e. The zero-order valence-electron chi connectivity index (χ0n) is 6.88. The molecule has 1 rings (SSSR count). The number of esters is 1. The van der Waals surface area contributed by atoms with Crippen LogP contribution in [0.1, 0.15) is 27.8 Å². The van der Waals surface area contributed by atoms with E-state index in [4.69, 9.17) is 0 Å². The first-order valence-electron chi connectivity index (χ1n) is 3.43. The molecule has 0 aliphatic carbocycles. The number of ether oxygens (including phenoxy) is 1. The van der Waals surface area contributed by atoms with Crippen LogP contribution in [0.2, 0.25) is 0 Å². The maximum Gasteiger partial charge on any atom is 0.355 e. The molecule has 0 spiro atoms. The number of carbonyl (C=O) groups excluding carboxylic acids is 2. The first kappa shape index (κ1) is 8.52. The molecular formula is C8H9NO3. The number of hydrogen-bond donors (Lipinski definition) is 1. The van der Waals surface area contributed by atoms with Crippen molar-refractivity contribution >= 4 is 11.8 Å². The van der Waals surface area contributed by atoms with Crippen molar-refractivity contribution in [3.63, 3.8) is 0 Å². The summed E-state index contributed by atoms with van der Waals surface area (Å²) >= 11 is 0. The van der Waals surface area contributed by atoms with E-state index < -0.39 is 5.97 Å². The topological polar surface area (TPSA) is 59.2 Å². The third kappa shape index (κ3) is 1.37. The van der Waals surface area contributed by atoms with Crippen LogP contribution in [-0.2, 0) is 4.74 Å². The molecule has 12 heavy (non-hydrogen) atoms. The molecule has 1 heterocycles. The maximum atomic E-state index is 11.0. The largest absolute Gasteiger partial charge is 0.464 e. The average molecular weight is 167 g/mol. The number of H-pyrrole nitrogens is 1. The van der Waals surface area contributed by atoms with Crippen LogP contribution in [0.15, 0.2) is 12.3 Å². The Balaban J connectivity index is 3.07. The van der Waals surface area contributed by atoms with Crippen molar-refractivity contribution in [3.05, 3.63) is 23.5 Å². The molecule has 0 saturated heterocycles. The summed E-state index contributed by atoms with van der Waals surface area (Å²) in [7, 11) is 1.27. The van der Waals surface area contributed by atoms with Crippen molar-refractivity contribution in [2.45, 2.75) is 6.92 Å². The average Bonchev–Trinajstić information content (AvgIpc) is 2.50. The molecule has 0 amide bonds. The van der Waals surface area contributed by atoms with E-state index in [1.54, 1.807) is 6.07 Å². The minimum atomic E-state index is -0.523. The summed E-state index contributed by atoms with van der Waals surface area (Å²) in [6.45, 7) is 1.40. The fourth-order valence-electron chi connectivity index (χ4n) is 0.934. The zero-order valence-corrected chi connectivity index (χ0v) is 6.88. The summed E-state index contributed by atoms with van der Waals surface area (Å²) in [6, 6.07) is 1.55. The lowest BCUT2D eigenvalue weighted by Crippen LogP contribution is -2.07. The second kappa shape index (κ2) is 3.21. The van der Waals surface area contributed by atoms with Gasteiger partial charge in [-0.2, -0.15) is 0 Å². The lowest BCUT2D eigenvalue weighted by molar-refractivity contribution is 0.0591. The summed E-state index contributed by atoms with van der Waals surface area (Å²) in [6.07, 6.45) is 1.53. The molecule has 0 radical (unpaired) electrons. The van der Waals surface area contributed by atoms with Gasteiger partial charge in [0.1, 0.15) is 5.69 Å². The van der Waals surface area contributed by atoms with E-state index in [1.165, 1.54) is 20.2 Å². The third-order valence-electron chi connectivity index (χ3n) is 1.52. The lowest BCUT2D eigenvalue weighted by atomic mass is 10.2. The van der Waals surface area contributed by atoms with Gasteiger partial charge in [0, 0.05) is 11.8 Å². The number of aromatic nitrogens is 1. The number of aromatic amines is 1. The molecule has 64 valence electrons. The Hall–Kier alpha value is -1.58. The third-order valence-corrected chi connectivity index (χ3v) is 1.52. The van der Waals surface area contributed by atoms with E-state index in [0.717, 1.165) is 0 Å². The van der Waals surface area contributed by atoms with Crippen molar-refractivity contribution in [1.29, 1.82) is 0 Å². The van der Waals surface area contributed by atoms with E-state index >= 15 is 0 Å². The molecule has 0 unspecified atom stereocenters. The van der Waals surface area contributed by atoms with Gasteiger partial charge in [-0.05, 0) is 13.0 Å². The number of ketones is 1. The van der Waals surface area contributed by atoms with Gasteiger partial charge in [0.05, 0.1) is 7.11 Å². The van der Waals surface area contributed by atoms with E-state index in [1.807, 2.05) is 0 Å². The highest BCUT2D eigenvalue weighted by Gasteiger charge is 2.15. The Labute approximate surface area is 69.5 Å². The fraction of sp³-hybridized carbons (Fsp3) is 0.250. The normalized spacial score (nSPS) is 9.50. The Bertz CT molecular complexity index is 314. The maximum absolute atomic E-state index is 11.0. The van der Waals surface area contributed by atoms with E-state index in [9.17, 15) is 9.59 Å². The summed E-state index contributed by atoms with van der Waals surface area (Å²) in [5.41, 5.74) is 0.576. The Morgan fingerprint density at radius 3 is 2.67 bits per heavy atom. The number of nitrogens with one attached hydrogen (secondary N) is 1. The number of carbonyl (C=O) groups is 2. The van der Waals surface area contributed by atoms with Gasteiger partial charge in [-0.1, -0.05) is 0 Å². The smallest absolute Gasteiger partial charge is 0.355 e. The Morgan fingerprint density at radius 1 is 1.50 bits per heavy atom. The second-order valence-corrected chi connectivity index (χ2v) is 2.31. The van der Waals surface area contributed by atoms with Crippen molar-refractivity contribution in [2.24, 2.45) is 0 Å². The highest BCUT2D eigenvalue weighted by Crippen LogP contribution is 2.08. The molecule has 1 aromatic heterocycles. The van der Waals surface area contributed by atoms with Gasteiger partial charge in [-0.25, -0.2) is 4.79 Å². The summed E-state index contributed by atoms with van der Waals surface area (Å²) < 4.78 is 4.46. The Kier molecular flexibility index (Phi) is 2.28. The van der Waals surface area contributed by atoms with Crippen LogP contribution >= 0.6 is 0 Å². The fourth-order valence-corrected chi connectivity index (χ4v) is 0.934. The minimum absolute atomic E-state index is 0.156. The first-order chi connectivity index (χ1) is 5.66. The van der Waals surface area contributed by atoms with Gasteiger partial charge in [-0.3, -0.25) is 4.79 Å². The second-order valence-electron chi connectivity index (χ2n) is 2.31. The van der Waals surface area contributed by atoms with Gasteiger partial charge in [0.15, 0.2) is 5.78 Å². The quantitative estimate of drug-likeness (QED) is 0.528. The summed E-state index contributed by atoms with van der Waals surface area (Å²) in [5, 5.41) is 0. The number of methoxy groups -OCH3 is 1. The van der Waals surface area contributed by atoms with Crippen molar-refractivity contribution in [3.8, 4) is 0 Å². The Morgan fingerprint density at radius 2 is 2.17 bits per heavy atom. The van der Waals surface area contributed by atoms with Gasteiger partial charge >= 0.3 is 5.97 Å². The van der Waals surface area contributed by atoms with Crippen LogP contribution in [-0.4, -0.2) is 23.8 Å². The van der Waals surface area contributed by atoms with Crippen molar-refractivity contribution in [1.82, 2.24) is 4.98 Å². The SMILES string of the molecule is COC(=O)c1[nH]ccc1C(C)=O.